The van der Waals surface area contributed by atoms with Crippen molar-refractivity contribution in [3.05, 3.63) is 36.0 Å². The molecule has 1 aromatic carbocycles. The highest BCUT2D eigenvalue weighted by atomic mass is 16.3. The molecule has 6 heteroatoms. The Morgan fingerprint density at radius 3 is 2.46 bits per heavy atom. The van der Waals surface area contributed by atoms with Crippen LogP contribution in [0.5, 0.6) is 0 Å². The molecule has 1 N–H and O–H groups in total. The first-order chi connectivity index (χ1) is 13.5. The summed E-state index contributed by atoms with van der Waals surface area (Å²) in [6.07, 6.45) is 8.38. The zero-order valence-electron chi connectivity index (χ0n) is 16.9. The number of likely N-dealkylation sites (tertiary alicyclic amines) is 2. The predicted octanol–water partition coefficient (Wildman–Crippen LogP) is 3.22. The van der Waals surface area contributed by atoms with Crippen LogP contribution < -0.4 is 0 Å². The van der Waals surface area contributed by atoms with E-state index in [2.05, 4.69) is 33.5 Å². The van der Waals surface area contributed by atoms with E-state index in [-0.39, 0.29) is 12.4 Å². The largest absolute Gasteiger partial charge is 0.483 e. The van der Waals surface area contributed by atoms with Gasteiger partial charge >= 0.3 is 0 Å². The number of carbonyl (C=O) groups is 2. The lowest BCUT2D eigenvalue weighted by Gasteiger charge is -2.42. The molecule has 2 saturated heterocycles. The van der Waals surface area contributed by atoms with E-state index in [9.17, 15) is 4.79 Å². The number of aromatic nitrogens is 1. The average Bonchev–Trinajstić information content (AvgIpc) is 3.09. The predicted molar refractivity (Wildman–Crippen MR) is 111 cm³/mol. The number of hydrogen-bond donors (Lipinski definition) is 1. The van der Waals surface area contributed by atoms with Crippen molar-refractivity contribution in [3.63, 3.8) is 0 Å². The molecule has 2 aliphatic heterocycles. The number of hydrogen-bond acceptors (Lipinski definition) is 3. The lowest BCUT2D eigenvalue weighted by molar-refractivity contribution is -0.122. The quantitative estimate of drug-likeness (QED) is 0.806. The summed E-state index contributed by atoms with van der Waals surface area (Å²) in [6, 6.07) is 8.89. The van der Waals surface area contributed by atoms with Crippen molar-refractivity contribution in [1.29, 1.82) is 0 Å². The molecule has 0 radical (unpaired) electrons. The van der Waals surface area contributed by atoms with Crippen LogP contribution in [0.1, 0.15) is 42.5 Å². The second-order valence-corrected chi connectivity index (χ2v) is 7.98. The van der Waals surface area contributed by atoms with Crippen molar-refractivity contribution < 1.29 is 14.7 Å². The smallest absolute Gasteiger partial charge is 0.290 e. The van der Waals surface area contributed by atoms with Gasteiger partial charge in [-0.15, -0.1) is 0 Å². The highest BCUT2D eigenvalue weighted by Crippen LogP contribution is 2.30. The van der Waals surface area contributed by atoms with E-state index < -0.39 is 0 Å². The summed E-state index contributed by atoms with van der Waals surface area (Å²) in [5.74, 6) is 0.951. The third-order valence-corrected chi connectivity index (χ3v) is 6.33. The van der Waals surface area contributed by atoms with Crippen LogP contribution >= 0.6 is 0 Å². The Hall–Kier alpha value is -2.34. The standard InChI is InChI=1S/C21H29N3O.CH2O2/c1-22-11-4-3-5-19(22)16-9-13-24(14-10-16)21(25)18-6-7-20-17(15-18)8-12-23(20)2;2-1-3/h6-8,12,15-16,19H,3-5,9-11,13-14H2,1-2H3;1H,(H,2,3). The monoisotopic (exact) mass is 385 g/mol. The second-order valence-electron chi connectivity index (χ2n) is 7.98. The molecule has 1 atom stereocenters. The van der Waals surface area contributed by atoms with Crippen molar-refractivity contribution >= 4 is 23.3 Å². The van der Waals surface area contributed by atoms with E-state index in [1.165, 1.54) is 31.3 Å². The summed E-state index contributed by atoms with van der Waals surface area (Å²) in [7, 11) is 4.31. The maximum absolute atomic E-state index is 12.9. The lowest BCUT2D eigenvalue weighted by atomic mass is 9.84. The van der Waals surface area contributed by atoms with E-state index in [4.69, 9.17) is 9.90 Å². The Kier molecular flexibility index (Phi) is 6.73. The van der Waals surface area contributed by atoms with E-state index in [0.717, 1.165) is 48.8 Å². The van der Waals surface area contributed by atoms with Crippen LogP contribution in [-0.4, -0.2) is 64.6 Å². The minimum Gasteiger partial charge on any atom is -0.483 e. The zero-order chi connectivity index (χ0) is 20.1. The van der Waals surface area contributed by atoms with Gasteiger partial charge in [0.1, 0.15) is 0 Å². The number of amides is 1. The minimum absolute atomic E-state index is 0.196. The zero-order valence-corrected chi connectivity index (χ0v) is 16.9. The number of benzene rings is 1. The van der Waals surface area contributed by atoms with Crippen LogP contribution in [0.3, 0.4) is 0 Å². The van der Waals surface area contributed by atoms with Gasteiger partial charge in [0.15, 0.2) is 0 Å². The molecule has 6 nitrogen and oxygen atoms in total. The number of nitrogens with zero attached hydrogens (tertiary/aromatic N) is 3. The molecule has 3 heterocycles. The first-order valence-corrected chi connectivity index (χ1v) is 10.2. The van der Waals surface area contributed by atoms with Crippen LogP contribution in [0.25, 0.3) is 10.9 Å². The third kappa shape index (κ3) is 4.38. The summed E-state index contributed by atoms with van der Waals surface area (Å²) in [5.41, 5.74) is 2.00. The summed E-state index contributed by atoms with van der Waals surface area (Å²) >= 11 is 0. The van der Waals surface area contributed by atoms with Gasteiger partial charge in [0.2, 0.25) is 0 Å². The van der Waals surface area contributed by atoms with Gasteiger partial charge in [0, 0.05) is 48.8 Å². The molecular weight excluding hydrogens is 354 g/mol. The highest BCUT2D eigenvalue weighted by molar-refractivity contribution is 5.98. The number of piperidine rings is 2. The van der Waals surface area contributed by atoms with E-state index in [1.54, 1.807) is 0 Å². The minimum atomic E-state index is -0.250. The van der Waals surface area contributed by atoms with Crippen molar-refractivity contribution in [2.75, 3.05) is 26.7 Å². The number of carbonyl (C=O) groups excluding carboxylic acids is 1. The SMILES string of the molecule is CN1CCCCC1C1CCN(C(=O)c2ccc3c(ccn3C)c2)CC1.O=CO. The van der Waals surface area contributed by atoms with E-state index in [0.29, 0.717) is 0 Å². The fraction of sp³-hybridized carbons (Fsp3) is 0.545. The van der Waals surface area contributed by atoms with Crippen LogP contribution in [0.2, 0.25) is 0 Å². The molecule has 0 spiro atoms. The van der Waals surface area contributed by atoms with Crippen LogP contribution in [0.4, 0.5) is 0 Å². The van der Waals surface area contributed by atoms with Gasteiger partial charge in [-0.3, -0.25) is 9.59 Å². The molecule has 0 saturated carbocycles. The maximum Gasteiger partial charge on any atom is 0.290 e. The molecule has 4 rings (SSSR count). The fourth-order valence-corrected chi connectivity index (χ4v) is 4.78. The van der Waals surface area contributed by atoms with Gasteiger partial charge in [-0.25, -0.2) is 0 Å². The van der Waals surface area contributed by atoms with Gasteiger partial charge in [0.05, 0.1) is 0 Å². The first-order valence-electron chi connectivity index (χ1n) is 10.2. The Labute approximate surface area is 166 Å². The fourth-order valence-electron chi connectivity index (χ4n) is 4.78. The topological polar surface area (TPSA) is 65.8 Å². The molecule has 2 aromatic rings. The maximum atomic E-state index is 12.9. The first kappa shape index (κ1) is 20.4. The summed E-state index contributed by atoms with van der Waals surface area (Å²) in [5, 5.41) is 8.03. The number of rotatable bonds is 2. The van der Waals surface area contributed by atoms with Crippen molar-refractivity contribution in [2.24, 2.45) is 13.0 Å². The molecule has 1 aromatic heterocycles. The van der Waals surface area contributed by atoms with E-state index >= 15 is 0 Å². The highest BCUT2D eigenvalue weighted by Gasteiger charge is 2.32. The van der Waals surface area contributed by atoms with Gasteiger partial charge in [0.25, 0.3) is 12.4 Å². The van der Waals surface area contributed by atoms with Gasteiger partial charge < -0.3 is 19.5 Å². The number of aryl methyl sites for hydroxylation is 1. The molecule has 0 aliphatic carbocycles. The Morgan fingerprint density at radius 1 is 1.07 bits per heavy atom. The van der Waals surface area contributed by atoms with Crippen molar-refractivity contribution in [1.82, 2.24) is 14.4 Å². The van der Waals surface area contributed by atoms with Gasteiger partial charge in [-0.05, 0) is 69.5 Å². The van der Waals surface area contributed by atoms with Crippen LogP contribution in [-0.2, 0) is 11.8 Å². The number of fused-ring (bicyclic) bond motifs is 1. The Bertz CT molecular complexity index is 808. The molecule has 2 fully saturated rings. The summed E-state index contributed by atoms with van der Waals surface area (Å²) < 4.78 is 2.09. The van der Waals surface area contributed by atoms with Gasteiger partial charge in [-0.1, -0.05) is 6.42 Å². The van der Waals surface area contributed by atoms with Gasteiger partial charge in [-0.2, -0.15) is 0 Å². The average molecular weight is 386 g/mol. The molecule has 2 aliphatic rings. The molecule has 0 bridgehead atoms. The molecule has 152 valence electrons. The number of carboxylic acid groups (broad SMARTS) is 1. The second kappa shape index (κ2) is 9.24. The van der Waals surface area contributed by atoms with Crippen LogP contribution in [0.15, 0.2) is 30.5 Å². The normalized spacial score (nSPS) is 21.2. The van der Waals surface area contributed by atoms with Crippen molar-refractivity contribution in [3.8, 4) is 0 Å². The summed E-state index contributed by atoms with van der Waals surface area (Å²) in [4.78, 5) is 25.9. The Balaban J connectivity index is 0.000000706. The van der Waals surface area contributed by atoms with E-state index in [1.807, 2.05) is 25.4 Å². The lowest BCUT2D eigenvalue weighted by Crippen LogP contribution is -2.47. The Morgan fingerprint density at radius 2 is 1.79 bits per heavy atom. The van der Waals surface area contributed by atoms with Crippen LogP contribution in [0, 0.1) is 5.92 Å². The molecule has 1 amide bonds. The summed E-state index contributed by atoms with van der Waals surface area (Å²) in [6.45, 7) is 2.79. The molecule has 28 heavy (non-hydrogen) atoms. The molecule has 1 unspecified atom stereocenters. The molecular formula is C22H31N3O3. The third-order valence-electron chi connectivity index (χ3n) is 6.33. The van der Waals surface area contributed by atoms with Crippen molar-refractivity contribution in [2.45, 2.75) is 38.1 Å².